The van der Waals surface area contributed by atoms with Crippen LogP contribution in [0.2, 0.25) is 0 Å². The average Bonchev–Trinajstić information content (AvgIpc) is 2.12. The Morgan fingerprint density at radius 3 is 3.10 bits per heavy atom. The second kappa shape index (κ2) is 4.34. The first-order valence-corrected chi connectivity index (χ1v) is 4.96. The van der Waals surface area contributed by atoms with Gasteiger partial charge in [0.2, 0.25) is 0 Å². The first-order valence-electron chi connectivity index (χ1n) is 3.71. The van der Waals surface area contributed by atoms with E-state index in [0.29, 0.717) is 10.0 Å². The number of alkyl halides is 1. The van der Waals surface area contributed by atoms with Gasteiger partial charge in [-0.15, -0.1) is 0 Å². The highest BCUT2D eigenvalue weighted by Crippen LogP contribution is 2.16. The fourth-order valence-corrected chi connectivity index (χ4v) is 1.53. The van der Waals surface area contributed by atoms with Crippen LogP contribution >= 0.6 is 22.6 Å². The van der Waals surface area contributed by atoms with Crippen LogP contribution in [0, 0.1) is 0 Å². The predicted octanol–water partition coefficient (Wildman–Crippen LogP) is 2.55. The third-order valence-electron chi connectivity index (χ3n) is 1.66. The van der Waals surface area contributed by atoms with Crippen LogP contribution in [0.1, 0.15) is 19.8 Å². The van der Waals surface area contributed by atoms with Crippen molar-refractivity contribution in [1.82, 2.24) is 0 Å². The molecule has 1 aliphatic rings. The van der Waals surface area contributed by atoms with Gasteiger partial charge in [0.05, 0.1) is 12.7 Å². The maximum Gasteiger partial charge on any atom is 0.0724 e. The maximum atomic E-state index is 5.59. The second-order valence-corrected chi connectivity index (χ2v) is 4.55. The molecule has 10 heavy (non-hydrogen) atoms. The lowest BCUT2D eigenvalue weighted by molar-refractivity contribution is 0.0667. The third-order valence-corrected chi connectivity index (χ3v) is 2.47. The summed E-state index contributed by atoms with van der Waals surface area (Å²) in [5.41, 5.74) is 0. The van der Waals surface area contributed by atoms with Crippen LogP contribution in [0.25, 0.3) is 0 Å². The van der Waals surface area contributed by atoms with Crippen molar-refractivity contribution in [1.29, 1.82) is 0 Å². The van der Waals surface area contributed by atoms with Crippen LogP contribution in [0.15, 0.2) is 12.2 Å². The van der Waals surface area contributed by atoms with Crippen molar-refractivity contribution in [3.05, 3.63) is 12.2 Å². The Balaban J connectivity index is 2.37. The van der Waals surface area contributed by atoms with Gasteiger partial charge >= 0.3 is 0 Å². The second-order valence-electron chi connectivity index (χ2n) is 2.58. The Morgan fingerprint density at radius 1 is 1.60 bits per heavy atom. The summed E-state index contributed by atoms with van der Waals surface area (Å²) >= 11 is 2.42. The van der Waals surface area contributed by atoms with E-state index in [-0.39, 0.29) is 0 Å². The lowest BCUT2D eigenvalue weighted by Crippen LogP contribution is -2.20. The van der Waals surface area contributed by atoms with Crippen molar-refractivity contribution in [3.8, 4) is 0 Å². The predicted molar refractivity (Wildman–Crippen MR) is 51.6 cm³/mol. The fourth-order valence-electron chi connectivity index (χ4n) is 1.02. The normalized spacial score (nSPS) is 29.6. The molecule has 1 nitrogen and oxygen atoms in total. The van der Waals surface area contributed by atoms with Crippen LogP contribution < -0.4 is 0 Å². The van der Waals surface area contributed by atoms with E-state index in [4.69, 9.17) is 4.74 Å². The first-order chi connectivity index (χ1) is 4.80. The largest absolute Gasteiger partial charge is 0.376 e. The smallest absolute Gasteiger partial charge is 0.0724 e. The molecule has 2 unspecified atom stereocenters. The van der Waals surface area contributed by atoms with E-state index in [0.717, 1.165) is 19.4 Å². The molecule has 0 aliphatic carbocycles. The van der Waals surface area contributed by atoms with E-state index >= 15 is 0 Å². The summed E-state index contributed by atoms with van der Waals surface area (Å²) in [5, 5.41) is 0. The van der Waals surface area contributed by atoms with Gasteiger partial charge in [-0.05, 0) is 12.8 Å². The summed E-state index contributed by atoms with van der Waals surface area (Å²) in [5.74, 6) is 0. The van der Waals surface area contributed by atoms with Crippen molar-refractivity contribution in [2.24, 2.45) is 0 Å². The van der Waals surface area contributed by atoms with E-state index in [1.165, 1.54) is 0 Å². The van der Waals surface area contributed by atoms with Crippen molar-refractivity contribution in [2.45, 2.75) is 29.8 Å². The SMILES string of the molecule is CC(I)C1CC=CCCO1. The minimum absolute atomic E-state index is 0.444. The van der Waals surface area contributed by atoms with Crippen LogP contribution in [-0.2, 0) is 4.74 Å². The zero-order valence-electron chi connectivity index (χ0n) is 6.22. The third kappa shape index (κ3) is 2.58. The highest BCUT2D eigenvalue weighted by Gasteiger charge is 2.14. The van der Waals surface area contributed by atoms with Crippen molar-refractivity contribution in [2.75, 3.05) is 6.61 Å². The molecule has 1 heterocycles. The van der Waals surface area contributed by atoms with E-state index in [2.05, 4.69) is 41.7 Å². The number of rotatable bonds is 1. The monoisotopic (exact) mass is 252 g/mol. The Hall–Kier alpha value is 0.430. The highest BCUT2D eigenvalue weighted by atomic mass is 127. The molecule has 2 heteroatoms. The van der Waals surface area contributed by atoms with Crippen LogP contribution in [0.3, 0.4) is 0 Å². The molecule has 1 aliphatic heterocycles. The molecule has 0 aromatic rings. The van der Waals surface area contributed by atoms with E-state index < -0.39 is 0 Å². The Labute approximate surface area is 76.0 Å². The molecule has 0 spiro atoms. The molecular formula is C8H13IO. The van der Waals surface area contributed by atoms with Gasteiger partial charge in [-0.1, -0.05) is 41.7 Å². The summed E-state index contributed by atoms with van der Waals surface area (Å²) in [6.07, 6.45) is 7.05. The van der Waals surface area contributed by atoms with E-state index in [1.807, 2.05) is 0 Å². The molecule has 0 saturated carbocycles. The minimum Gasteiger partial charge on any atom is -0.376 e. The van der Waals surface area contributed by atoms with Gasteiger partial charge in [0, 0.05) is 3.92 Å². The molecule has 0 saturated heterocycles. The molecular weight excluding hydrogens is 239 g/mol. The molecule has 0 amide bonds. The number of hydrogen-bond donors (Lipinski definition) is 0. The fraction of sp³-hybridized carbons (Fsp3) is 0.750. The molecule has 1 rings (SSSR count). The highest BCUT2D eigenvalue weighted by molar-refractivity contribution is 14.1. The number of hydrogen-bond acceptors (Lipinski definition) is 1. The average molecular weight is 252 g/mol. The van der Waals surface area contributed by atoms with Crippen LogP contribution in [-0.4, -0.2) is 16.6 Å². The van der Waals surface area contributed by atoms with Gasteiger partial charge < -0.3 is 4.74 Å². The van der Waals surface area contributed by atoms with Gasteiger partial charge in [-0.2, -0.15) is 0 Å². The Kier molecular flexibility index (Phi) is 3.70. The molecule has 0 aromatic carbocycles. The zero-order chi connectivity index (χ0) is 7.40. The molecule has 0 radical (unpaired) electrons. The quantitative estimate of drug-likeness (QED) is 0.396. The topological polar surface area (TPSA) is 9.23 Å². The Morgan fingerprint density at radius 2 is 2.40 bits per heavy atom. The lowest BCUT2D eigenvalue weighted by Gasteiger charge is -2.16. The standard InChI is InChI=1S/C8H13IO/c1-7(9)8-5-3-2-4-6-10-8/h2-3,7-8H,4-6H2,1H3. The molecule has 58 valence electrons. The first kappa shape index (κ1) is 8.53. The van der Waals surface area contributed by atoms with Crippen LogP contribution in [0.4, 0.5) is 0 Å². The zero-order valence-corrected chi connectivity index (χ0v) is 8.37. The summed E-state index contributed by atoms with van der Waals surface area (Å²) in [4.78, 5) is 0. The van der Waals surface area contributed by atoms with Gasteiger partial charge in [-0.25, -0.2) is 0 Å². The molecule has 0 bridgehead atoms. The van der Waals surface area contributed by atoms with Crippen LogP contribution in [0.5, 0.6) is 0 Å². The van der Waals surface area contributed by atoms with Gasteiger partial charge in [0.1, 0.15) is 0 Å². The molecule has 0 aromatic heterocycles. The van der Waals surface area contributed by atoms with Crippen molar-refractivity contribution >= 4 is 22.6 Å². The summed E-state index contributed by atoms with van der Waals surface area (Å²) in [6.45, 7) is 3.10. The number of ether oxygens (including phenoxy) is 1. The number of halogens is 1. The minimum atomic E-state index is 0.444. The Bertz CT molecular complexity index is 120. The van der Waals surface area contributed by atoms with Gasteiger partial charge in [0.25, 0.3) is 0 Å². The molecule has 0 fully saturated rings. The lowest BCUT2D eigenvalue weighted by atomic mass is 10.2. The molecule has 0 N–H and O–H groups in total. The van der Waals surface area contributed by atoms with Crippen molar-refractivity contribution in [3.63, 3.8) is 0 Å². The van der Waals surface area contributed by atoms with Crippen molar-refractivity contribution < 1.29 is 4.74 Å². The maximum absolute atomic E-state index is 5.59. The summed E-state index contributed by atoms with van der Waals surface area (Å²) < 4.78 is 6.22. The molecule has 2 atom stereocenters. The summed E-state index contributed by atoms with van der Waals surface area (Å²) in [7, 11) is 0. The van der Waals surface area contributed by atoms with E-state index in [1.54, 1.807) is 0 Å². The van der Waals surface area contributed by atoms with E-state index in [9.17, 15) is 0 Å². The van der Waals surface area contributed by atoms with Gasteiger partial charge in [0.15, 0.2) is 0 Å². The summed E-state index contributed by atoms with van der Waals surface area (Å²) in [6, 6.07) is 0. The van der Waals surface area contributed by atoms with Gasteiger partial charge in [-0.3, -0.25) is 0 Å².